The van der Waals surface area contributed by atoms with Crippen molar-refractivity contribution in [1.82, 2.24) is 76.6 Å². The summed E-state index contributed by atoms with van der Waals surface area (Å²) in [5.74, 6) is 2.27. The first-order valence-electron chi connectivity index (χ1n) is 33.8. The van der Waals surface area contributed by atoms with Gasteiger partial charge in [-0.1, -0.05) is 33.8 Å². The van der Waals surface area contributed by atoms with Gasteiger partial charge in [-0.15, -0.1) is 10.2 Å². The Kier molecular flexibility index (Phi) is 26.6. The van der Waals surface area contributed by atoms with E-state index in [1.807, 2.05) is 44.6 Å². The molecule has 1 unspecified atom stereocenters. The highest BCUT2D eigenvalue weighted by atomic mass is 32.1. The van der Waals surface area contributed by atoms with E-state index in [0.717, 1.165) is 18.0 Å². The van der Waals surface area contributed by atoms with Crippen LogP contribution in [0.25, 0.3) is 34.1 Å². The molecule has 37 heteroatoms. The maximum atomic E-state index is 13.4. The first kappa shape index (κ1) is 80.6. The van der Waals surface area contributed by atoms with Gasteiger partial charge in [0.25, 0.3) is 44.5 Å². The molecular weight excluding hydrogens is 1450 g/mol. The van der Waals surface area contributed by atoms with Crippen molar-refractivity contribution in [2.75, 3.05) is 59.1 Å². The quantitative estimate of drug-likeness (QED) is 0.0871. The number of benzene rings is 1. The van der Waals surface area contributed by atoms with E-state index in [0.29, 0.717) is 58.2 Å². The van der Waals surface area contributed by atoms with Crippen LogP contribution >= 0.6 is 11.3 Å². The van der Waals surface area contributed by atoms with E-state index in [2.05, 4.69) is 35.2 Å². The molecule has 16 rings (SSSR count). The van der Waals surface area contributed by atoms with Gasteiger partial charge in [0, 0.05) is 105 Å². The summed E-state index contributed by atoms with van der Waals surface area (Å²) in [4.78, 5) is 92.4. The van der Waals surface area contributed by atoms with Crippen LogP contribution in [0, 0.1) is 19.7 Å². The molecule has 35 nitrogen and oxygen atoms in total. The van der Waals surface area contributed by atoms with Crippen molar-refractivity contribution in [3.05, 3.63) is 313 Å². The summed E-state index contributed by atoms with van der Waals surface area (Å²) in [5.41, 5.74) is 43.7. The van der Waals surface area contributed by atoms with Gasteiger partial charge in [-0.2, -0.15) is 10.2 Å². The second kappa shape index (κ2) is 36.7. The Hall–Kier alpha value is -14.5. The zero-order valence-electron chi connectivity index (χ0n) is 60.9. The zero-order chi connectivity index (χ0) is 80.2. The molecule has 2 fully saturated rings. The Morgan fingerprint density at radius 3 is 1.33 bits per heavy atom. The van der Waals surface area contributed by atoms with Crippen molar-refractivity contribution < 1.29 is 18.2 Å². The predicted octanol–water partition coefficient (Wildman–Crippen LogP) is 5.94. The zero-order valence-corrected chi connectivity index (χ0v) is 61.8. The van der Waals surface area contributed by atoms with Crippen molar-refractivity contribution >= 4 is 56.8 Å². The Balaban J connectivity index is 0.000000146. The Morgan fingerprint density at radius 2 is 0.892 bits per heavy atom. The van der Waals surface area contributed by atoms with E-state index in [9.17, 15) is 42.7 Å². The molecule has 0 radical (unpaired) electrons. The summed E-state index contributed by atoms with van der Waals surface area (Å²) >= 11 is 1.35. The van der Waals surface area contributed by atoms with E-state index in [-0.39, 0.29) is 90.3 Å². The summed E-state index contributed by atoms with van der Waals surface area (Å²) < 4.78 is 43.0. The number of rotatable bonds is 8. The van der Waals surface area contributed by atoms with Crippen molar-refractivity contribution in [3.8, 4) is 34.1 Å². The molecule has 1 saturated carbocycles. The third-order valence-electron chi connectivity index (χ3n) is 15.9. The van der Waals surface area contributed by atoms with Crippen LogP contribution < -0.4 is 90.3 Å². The van der Waals surface area contributed by atoms with Gasteiger partial charge in [-0.05, 0) is 163 Å². The summed E-state index contributed by atoms with van der Waals surface area (Å²) in [5, 5.41) is 24.9. The molecule has 16 N–H and O–H groups in total. The molecule has 14 aromatic rings. The lowest BCUT2D eigenvalue weighted by molar-refractivity contribution is 0.186. The molecular formula is C74H81FN24O11S. The molecule has 13 aromatic heterocycles. The van der Waals surface area contributed by atoms with Crippen LogP contribution in [0.2, 0.25) is 0 Å². The van der Waals surface area contributed by atoms with Crippen LogP contribution in [0.1, 0.15) is 62.9 Å². The average Bonchev–Trinajstić information content (AvgIpc) is 1.78. The second-order valence-corrected chi connectivity index (χ2v) is 26.4. The molecule has 111 heavy (non-hydrogen) atoms. The molecule has 576 valence electrons. The normalized spacial score (nSPS) is 12.5. The molecule has 1 atom stereocenters. The maximum absolute atomic E-state index is 13.4. The number of halogens is 1. The second-order valence-electron chi connectivity index (χ2n) is 25.3. The molecule has 2 aliphatic rings. The van der Waals surface area contributed by atoms with Crippen LogP contribution in [0.15, 0.2) is 261 Å². The lowest BCUT2D eigenvalue weighted by Crippen LogP contribution is -2.34. The smallest absolute Gasteiger partial charge is 0.280 e. The highest BCUT2D eigenvalue weighted by molar-refractivity contribution is 7.13. The SMILES string of the molecule is CC(C)(C)n1cccc(N)c1=O.Cc1cc(-n2cccc(N)c2=O)no1.Cc1nnc(-n2cccc(N)c2=O)s1.Cn1ccc(-n2cccc(N)c2=O)n1.Nc1cccn(-c2ccccc2F)c1=O.Nc1cccn(-c2ccn(C3CC3)n2)c1=O.Nc1cccn(-c2ccon2)c1=O.Nc1cccn(C2CCOC2)c1=O. The van der Waals surface area contributed by atoms with Gasteiger partial charge in [-0.25, -0.2) is 4.39 Å². The van der Waals surface area contributed by atoms with Crippen LogP contribution in [-0.2, 0) is 17.3 Å². The predicted molar refractivity (Wildman–Crippen MR) is 422 cm³/mol. The van der Waals surface area contributed by atoms with Crippen LogP contribution in [-0.4, -0.2) is 89.8 Å². The van der Waals surface area contributed by atoms with E-state index in [4.69, 9.17) is 55.1 Å². The van der Waals surface area contributed by atoms with Crippen LogP contribution in [0.4, 0.5) is 49.9 Å². The molecule has 1 aliphatic carbocycles. The number of ether oxygens (including phenoxy) is 1. The van der Waals surface area contributed by atoms with E-state index < -0.39 is 11.4 Å². The monoisotopic (exact) mass is 1530 g/mol. The minimum Gasteiger partial charge on any atom is -0.394 e. The van der Waals surface area contributed by atoms with Crippen molar-refractivity contribution in [3.63, 3.8) is 0 Å². The first-order chi connectivity index (χ1) is 53.0. The highest BCUT2D eigenvalue weighted by Crippen LogP contribution is 2.34. The van der Waals surface area contributed by atoms with Gasteiger partial charge in [-0.3, -0.25) is 75.1 Å². The fourth-order valence-electron chi connectivity index (χ4n) is 10.1. The van der Waals surface area contributed by atoms with Gasteiger partial charge in [0.1, 0.15) is 22.8 Å². The topological polar surface area (TPSA) is 507 Å². The number of para-hydroxylation sites is 1. The third-order valence-corrected chi connectivity index (χ3v) is 16.8. The molecule has 1 aromatic carbocycles. The summed E-state index contributed by atoms with van der Waals surface area (Å²) in [7, 11) is 1.79. The fourth-order valence-corrected chi connectivity index (χ4v) is 10.8. The highest BCUT2D eigenvalue weighted by Gasteiger charge is 2.25. The van der Waals surface area contributed by atoms with Gasteiger partial charge in [0.05, 0.1) is 69.9 Å². The minimum absolute atomic E-state index is 0.0979. The van der Waals surface area contributed by atoms with E-state index >= 15 is 0 Å². The minimum atomic E-state index is -0.454. The number of nitrogens with two attached hydrogens (primary N) is 8. The number of nitrogen functional groups attached to an aromatic ring is 8. The lowest BCUT2D eigenvalue weighted by atomic mass is 10.1. The molecule has 1 saturated heterocycles. The maximum Gasteiger partial charge on any atom is 0.280 e. The standard InChI is InChI=1S/C11H9FN2O.C11H12N4O.C9H10N4O.C9H9N3O2.C9H12N2O2.C9H14N2O.C8H8N4OS.C8H7N3O2/c12-8-4-1-2-6-10(8)14-7-3-5-9(13)11(14)15;12-9-2-1-6-14(11(9)16)10-5-7-15(13-10)8-3-4-8;1-12-6-4-8(11-12)13-5-2-3-7(10)9(13)14;1-6-5-8(11-14-6)12-4-2-3-7(10)9(12)13;10-8-2-1-4-11(9(8)12)7-3-5-13-6-7;1-9(2,3)11-6-4-5-7(10)8(11)12;1-5-10-11-8(14-5)12-4-2-3-6(9)7(12)13;9-6-2-1-4-11(8(6)12)7-3-5-13-10-7/h1-7H,13H2;1-2,5-8H,3-4,12H2;2-6H,10H2,1H3;2-5H,10H2,1H3;1-2,4,7H,3,5-6,10H2;4-6H,10H2,1-3H3;2-4H,9H2,1H3;1-5H,9H2. The average molecular weight is 1530 g/mol. The number of aromatic nitrogens is 16. The number of pyridine rings is 8. The van der Waals surface area contributed by atoms with Crippen molar-refractivity contribution in [2.24, 2.45) is 7.05 Å². The summed E-state index contributed by atoms with van der Waals surface area (Å²) in [6.07, 6.45) is 21.4. The number of nitrogens with zero attached hydrogens (tertiary/aromatic N) is 16. The molecule has 0 bridgehead atoms. The summed E-state index contributed by atoms with van der Waals surface area (Å²) in [6, 6.07) is 39.8. The number of hydrogen-bond acceptors (Lipinski definition) is 26. The molecule has 0 amide bonds. The van der Waals surface area contributed by atoms with E-state index in [1.165, 1.54) is 82.2 Å². The lowest BCUT2D eigenvalue weighted by Gasteiger charge is -2.22. The Labute approximate surface area is 633 Å². The van der Waals surface area contributed by atoms with Crippen molar-refractivity contribution in [2.45, 2.75) is 71.5 Å². The summed E-state index contributed by atoms with van der Waals surface area (Å²) in [6.45, 7) is 10.8. The Bertz CT molecular complexity index is 5760. The van der Waals surface area contributed by atoms with E-state index in [1.54, 1.807) is 199 Å². The number of anilines is 8. The fraction of sp³-hybridized carbons (Fsp3) is 0.189. The Morgan fingerprint density at radius 1 is 0.441 bits per heavy atom. The third kappa shape index (κ3) is 21.0. The molecule has 14 heterocycles. The molecule has 1 aliphatic heterocycles. The van der Waals surface area contributed by atoms with Gasteiger partial charge < -0.3 is 68.8 Å². The largest absolute Gasteiger partial charge is 0.394 e. The molecule has 0 spiro atoms. The number of aryl methyl sites for hydroxylation is 3. The van der Waals surface area contributed by atoms with Gasteiger partial charge >= 0.3 is 0 Å². The number of hydrogen-bond donors (Lipinski definition) is 8. The van der Waals surface area contributed by atoms with Gasteiger partial charge in [0.15, 0.2) is 23.3 Å². The van der Waals surface area contributed by atoms with Gasteiger partial charge in [0.2, 0.25) is 5.13 Å². The van der Waals surface area contributed by atoms with Crippen LogP contribution in [0.3, 0.4) is 0 Å². The van der Waals surface area contributed by atoms with Crippen LogP contribution in [0.5, 0.6) is 0 Å². The first-order valence-corrected chi connectivity index (χ1v) is 34.6. The van der Waals surface area contributed by atoms with Crippen molar-refractivity contribution in [1.29, 1.82) is 0 Å².